The third-order valence-electron chi connectivity index (χ3n) is 1.73. The van der Waals surface area contributed by atoms with E-state index in [2.05, 4.69) is 0 Å². The van der Waals surface area contributed by atoms with Crippen molar-refractivity contribution in [3.63, 3.8) is 0 Å². The molecule has 0 saturated heterocycles. The summed E-state index contributed by atoms with van der Waals surface area (Å²) in [5.41, 5.74) is 0. The number of Topliss-reactive ketones (excluding diaryl/α,β-unsaturated/α-hetero) is 2. The summed E-state index contributed by atoms with van der Waals surface area (Å²) in [5, 5.41) is 0. The van der Waals surface area contributed by atoms with Gasteiger partial charge in [0.25, 0.3) is 0 Å². The molecule has 0 unspecified atom stereocenters. The molecule has 2 atom stereocenters. The van der Waals surface area contributed by atoms with Gasteiger partial charge in [-0.15, -0.1) is 0 Å². The molecule has 0 aromatic carbocycles. The van der Waals surface area contributed by atoms with Crippen molar-refractivity contribution < 1.29 is 19.1 Å². The number of carbonyl (C=O) groups is 2. The first-order valence-electron chi connectivity index (χ1n) is 4.03. The number of hydrogen-bond acceptors (Lipinski definition) is 4. The Labute approximate surface area is 70.8 Å². The lowest BCUT2D eigenvalue weighted by Crippen LogP contribution is -2.59. The van der Waals surface area contributed by atoms with Crippen LogP contribution in [0.4, 0.5) is 0 Å². The SMILES string of the molecule is CCO[C@@H]1C(=O)C(=O)[C@@H]1OCC. The Hall–Kier alpha value is -0.740. The van der Waals surface area contributed by atoms with Gasteiger partial charge in [-0.1, -0.05) is 0 Å². The van der Waals surface area contributed by atoms with E-state index in [9.17, 15) is 9.59 Å². The highest BCUT2D eigenvalue weighted by atomic mass is 16.6. The van der Waals surface area contributed by atoms with Gasteiger partial charge >= 0.3 is 0 Å². The van der Waals surface area contributed by atoms with Crippen molar-refractivity contribution in [2.24, 2.45) is 0 Å². The molecule has 0 bridgehead atoms. The maximum atomic E-state index is 10.9. The van der Waals surface area contributed by atoms with Crippen LogP contribution in [0.25, 0.3) is 0 Å². The van der Waals surface area contributed by atoms with Crippen LogP contribution in [-0.2, 0) is 19.1 Å². The molecule has 68 valence electrons. The van der Waals surface area contributed by atoms with E-state index in [0.29, 0.717) is 13.2 Å². The smallest absolute Gasteiger partial charge is 0.233 e. The summed E-state index contributed by atoms with van der Waals surface area (Å²) in [7, 11) is 0. The summed E-state index contributed by atoms with van der Waals surface area (Å²) in [5.74, 6) is -0.925. The number of carbonyl (C=O) groups excluding carboxylic acids is 2. The fraction of sp³-hybridized carbons (Fsp3) is 0.750. The molecule has 0 aromatic rings. The van der Waals surface area contributed by atoms with E-state index in [4.69, 9.17) is 9.47 Å². The maximum absolute atomic E-state index is 10.9. The predicted molar refractivity (Wildman–Crippen MR) is 40.8 cm³/mol. The van der Waals surface area contributed by atoms with E-state index < -0.39 is 23.8 Å². The van der Waals surface area contributed by atoms with Crippen molar-refractivity contribution in [3.8, 4) is 0 Å². The molecule has 1 aliphatic carbocycles. The Morgan fingerprint density at radius 1 is 1.00 bits per heavy atom. The van der Waals surface area contributed by atoms with E-state index in [1.807, 2.05) is 0 Å². The summed E-state index contributed by atoms with van der Waals surface area (Å²) in [4.78, 5) is 21.8. The molecule has 4 nitrogen and oxygen atoms in total. The lowest BCUT2D eigenvalue weighted by atomic mass is 9.88. The molecule has 0 aliphatic heterocycles. The standard InChI is InChI=1S/C8H12O4/c1-3-11-7-5(9)6(10)8(7)12-4-2/h7-8H,3-4H2,1-2H3/t7-,8+. The quantitative estimate of drug-likeness (QED) is 0.558. The second-order valence-electron chi connectivity index (χ2n) is 2.48. The topological polar surface area (TPSA) is 52.6 Å². The summed E-state index contributed by atoms with van der Waals surface area (Å²) in [6, 6.07) is 0. The first kappa shape index (κ1) is 9.35. The number of rotatable bonds is 4. The van der Waals surface area contributed by atoms with Crippen LogP contribution >= 0.6 is 0 Å². The first-order chi connectivity index (χ1) is 5.72. The lowest BCUT2D eigenvalue weighted by molar-refractivity contribution is -0.175. The zero-order valence-electron chi connectivity index (χ0n) is 7.20. The molecule has 0 heterocycles. The summed E-state index contributed by atoms with van der Waals surface area (Å²) in [6.07, 6.45) is -1.30. The van der Waals surface area contributed by atoms with Gasteiger partial charge in [0.15, 0.2) is 12.2 Å². The largest absolute Gasteiger partial charge is 0.367 e. The van der Waals surface area contributed by atoms with Crippen LogP contribution in [0.1, 0.15) is 13.8 Å². The van der Waals surface area contributed by atoms with Gasteiger partial charge in [-0.2, -0.15) is 0 Å². The molecule has 0 spiro atoms. The minimum atomic E-state index is -0.651. The highest BCUT2D eigenvalue weighted by Gasteiger charge is 2.50. The summed E-state index contributed by atoms with van der Waals surface area (Å²) < 4.78 is 10.1. The molecule has 12 heavy (non-hydrogen) atoms. The molecule has 0 aromatic heterocycles. The van der Waals surface area contributed by atoms with Crippen molar-refractivity contribution >= 4 is 11.6 Å². The molecule has 1 aliphatic rings. The van der Waals surface area contributed by atoms with E-state index in [0.717, 1.165) is 0 Å². The zero-order valence-corrected chi connectivity index (χ0v) is 7.20. The van der Waals surface area contributed by atoms with Crippen molar-refractivity contribution in [2.75, 3.05) is 13.2 Å². The average Bonchev–Trinajstić information content (AvgIpc) is 2.10. The van der Waals surface area contributed by atoms with Gasteiger partial charge in [0.2, 0.25) is 11.6 Å². The summed E-state index contributed by atoms with van der Waals surface area (Å²) in [6.45, 7) is 4.40. The molecule has 1 fully saturated rings. The van der Waals surface area contributed by atoms with Gasteiger partial charge in [0, 0.05) is 13.2 Å². The molecule has 0 radical (unpaired) electrons. The Balaban J connectivity index is 2.49. The highest BCUT2D eigenvalue weighted by Crippen LogP contribution is 2.19. The third kappa shape index (κ3) is 1.40. The monoisotopic (exact) mass is 172 g/mol. The number of hydrogen-bond donors (Lipinski definition) is 0. The minimum absolute atomic E-state index is 0.424. The second kappa shape index (κ2) is 3.78. The fourth-order valence-corrected chi connectivity index (χ4v) is 1.14. The van der Waals surface area contributed by atoms with Gasteiger partial charge < -0.3 is 9.47 Å². The van der Waals surface area contributed by atoms with Crippen molar-refractivity contribution in [1.29, 1.82) is 0 Å². The number of ether oxygens (including phenoxy) is 2. The number of ketones is 2. The van der Waals surface area contributed by atoms with Crippen LogP contribution in [0.15, 0.2) is 0 Å². The Morgan fingerprint density at radius 3 is 1.58 bits per heavy atom. The molecule has 4 heteroatoms. The van der Waals surface area contributed by atoms with E-state index in [1.54, 1.807) is 13.8 Å². The van der Waals surface area contributed by atoms with Crippen LogP contribution in [0, 0.1) is 0 Å². The Kier molecular flexibility index (Phi) is 2.94. The molecule has 1 saturated carbocycles. The molecular weight excluding hydrogens is 160 g/mol. The third-order valence-corrected chi connectivity index (χ3v) is 1.73. The highest BCUT2D eigenvalue weighted by molar-refractivity contribution is 6.48. The van der Waals surface area contributed by atoms with Crippen LogP contribution in [-0.4, -0.2) is 37.0 Å². The van der Waals surface area contributed by atoms with E-state index >= 15 is 0 Å². The Bertz CT molecular complexity index is 177. The molecular formula is C8H12O4. The van der Waals surface area contributed by atoms with Crippen LogP contribution in [0.5, 0.6) is 0 Å². The van der Waals surface area contributed by atoms with Gasteiger partial charge in [-0.05, 0) is 13.8 Å². The average molecular weight is 172 g/mol. The Morgan fingerprint density at radius 2 is 1.33 bits per heavy atom. The first-order valence-corrected chi connectivity index (χ1v) is 4.03. The van der Waals surface area contributed by atoms with Crippen LogP contribution < -0.4 is 0 Å². The second-order valence-corrected chi connectivity index (χ2v) is 2.48. The predicted octanol–water partition coefficient (Wildman–Crippen LogP) is -0.0516. The normalized spacial score (nSPS) is 28.8. The summed E-state index contributed by atoms with van der Waals surface area (Å²) >= 11 is 0. The minimum Gasteiger partial charge on any atom is -0.367 e. The van der Waals surface area contributed by atoms with E-state index in [1.165, 1.54) is 0 Å². The van der Waals surface area contributed by atoms with Gasteiger partial charge in [0.1, 0.15) is 0 Å². The van der Waals surface area contributed by atoms with Gasteiger partial charge in [0.05, 0.1) is 0 Å². The van der Waals surface area contributed by atoms with Gasteiger partial charge in [-0.25, -0.2) is 0 Å². The van der Waals surface area contributed by atoms with Crippen molar-refractivity contribution in [3.05, 3.63) is 0 Å². The molecule has 1 rings (SSSR count). The van der Waals surface area contributed by atoms with Crippen LogP contribution in [0.3, 0.4) is 0 Å². The van der Waals surface area contributed by atoms with Crippen LogP contribution in [0.2, 0.25) is 0 Å². The van der Waals surface area contributed by atoms with Crippen molar-refractivity contribution in [2.45, 2.75) is 26.1 Å². The zero-order chi connectivity index (χ0) is 9.14. The lowest BCUT2D eigenvalue weighted by Gasteiger charge is -2.31. The molecule has 0 N–H and O–H groups in total. The van der Waals surface area contributed by atoms with Gasteiger partial charge in [-0.3, -0.25) is 9.59 Å². The van der Waals surface area contributed by atoms with Crippen molar-refractivity contribution in [1.82, 2.24) is 0 Å². The fourth-order valence-electron chi connectivity index (χ4n) is 1.14. The maximum Gasteiger partial charge on any atom is 0.233 e. The molecule has 0 amide bonds. The van der Waals surface area contributed by atoms with E-state index in [-0.39, 0.29) is 0 Å².